The van der Waals surface area contributed by atoms with E-state index in [-0.39, 0.29) is 18.1 Å². The smallest absolute Gasteiger partial charge is 0.250 e. The van der Waals surface area contributed by atoms with Crippen molar-refractivity contribution in [2.24, 2.45) is 0 Å². The molecule has 2 aromatic carbocycles. The molecule has 1 aliphatic rings. The van der Waals surface area contributed by atoms with Crippen molar-refractivity contribution in [2.75, 3.05) is 16.8 Å². The van der Waals surface area contributed by atoms with Crippen LogP contribution >= 0.6 is 0 Å². The summed E-state index contributed by atoms with van der Waals surface area (Å²) in [6.07, 6.45) is 0. The number of para-hydroxylation sites is 3. The van der Waals surface area contributed by atoms with Crippen LogP contribution < -0.4 is 10.2 Å². The van der Waals surface area contributed by atoms with Crippen LogP contribution in [0.2, 0.25) is 0 Å². The third-order valence-corrected chi connectivity index (χ3v) is 2.92. The highest BCUT2D eigenvalue weighted by atomic mass is 19.1. The summed E-state index contributed by atoms with van der Waals surface area (Å²) < 4.78 is 13.8. The second-order valence-electron chi connectivity index (χ2n) is 4.05. The minimum Gasteiger partial charge on any atom is -0.374 e. The van der Waals surface area contributed by atoms with Gasteiger partial charge in [0, 0.05) is 0 Å². The largest absolute Gasteiger partial charge is 0.374 e. The monoisotopic (exact) mass is 242 g/mol. The fourth-order valence-corrected chi connectivity index (χ4v) is 2.10. The van der Waals surface area contributed by atoms with Gasteiger partial charge in [0.1, 0.15) is 5.82 Å². The van der Waals surface area contributed by atoms with Gasteiger partial charge in [-0.25, -0.2) is 4.39 Å². The molecule has 18 heavy (non-hydrogen) atoms. The van der Waals surface area contributed by atoms with Crippen molar-refractivity contribution in [2.45, 2.75) is 0 Å². The summed E-state index contributed by atoms with van der Waals surface area (Å²) >= 11 is 0. The minimum atomic E-state index is -0.400. The molecule has 0 unspecified atom stereocenters. The molecule has 1 N–H and O–H groups in total. The molecule has 0 aliphatic carbocycles. The van der Waals surface area contributed by atoms with Gasteiger partial charge in [-0.05, 0) is 24.3 Å². The van der Waals surface area contributed by atoms with Gasteiger partial charge in [-0.15, -0.1) is 0 Å². The summed E-state index contributed by atoms with van der Waals surface area (Å²) in [5.41, 5.74) is 1.80. The summed E-state index contributed by atoms with van der Waals surface area (Å²) in [6, 6.07) is 13.7. The second kappa shape index (κ2) is 4.14. The maximum atomic E-state index is 13.8. The SMILES string of the molecule is O=C1CNc2ccccc2N1c1ccccc1F. The topological polar surface area (TPSA) is 32.3 Å². The number of anilines is 3. The van der Waals surface area contributed by atoms with Gasteiger partial charge in [0.2, 0.25) is 0 Å². The first-order chi connectivity index (χ1) is 8.77. The number of nitrogens with zero attached hydrogens (tertiary/aromatic N) is 1. The number of carbonyl (C=O) groups is 1. The van der Waals surface area contributed by atoms with Crippen LogP contribution in [0, 0.1) is 5.82 Å². The van der Waals surface area contributed by atoms with E-state index in [1.54, 1.807) is 24.3 Å². The number of hydrogen-bond donors (Lipinski definition) is 1. The van der Waals surface area contributed by atoms with E-state index in [0.29, 0.717) is 5.69 Å². The van der Waals surface area contributed by atoms with Gasteiger partial charge in [0.15, 0.2) is 0 Å². The van der Waals surface area contributed by atoms with Crippen LogP contribution in [0.25, 0.3) is 0 Å². The van der Waals surface area contributed by atoms with Crippen LogP contribution in [0.3, 0.4) is 0 Å². The van der Waals surface area contributed by atoms with E-state index in [2.05, 4.69) is 5.32 Å². The first-order valence-electron chi connectivity index (χ1n) is 5.68. The van der Waals surface area contributed by atoms with Gasteiger partial charge < -0.3 is 5.32 Å². The normalized spacial score (nSPS) is 14.1. The average Bonchev–Trinajstić information content (AvgIpc) is 2.40. The third-order valence-electron chi connectivity index (χ3n) is 2.92. The van der Waals surface area contributed by atoms with E-state index in [9.17, 15) is 9.18 Å². The number of amides is 1. The Balaban J connectivity index is 2.17. The number of carbonyl (C=O) groups excluding carboxylic acids is 1. The van der Waals surface area contributed by atoms with Crippen LogP contribution in [0.5, 0.6) is 0 Å². The number of nitrogens with one attached hydrogen (secondary N) is 1. The van der Waals surface area contributed by atoms with Crippen LogP contribution in [0.4, 0.5) is 21.5 Å². The van der Waals surface area contributed by atoms with Gasteiger partial charge in [0.05, 0.1) is 23.6 Å². The van der Waals surface area contributed by atoms with Crippen LogP contribution in [-0.2, 0) is 4.79 Å². The van der Waals surface area contributed by atoms with Crippen molar-refractivity contribution < 1.29 is 9.18 Å². The quantitative estimate of drug-likeness (QED) is 0.833. The fourth-order valence-electron chi connectivity index (χ4n) is 2.10. The maximum absolute atomic E-state index is 13.8. The molecule has 2 aromatic rings. The second-order valence-corrected chi connectivity index (χ2v) is 4.05. The van der Waals surface area contributed by atoms with Crippen molar-refractivity contribution in [1.29, 1.82) is 0 Å². The van der Waals surface area contributed by atoms with E-state index in [1.165, 1.54) is 11.0 Å². The molecule has 4 heteroatoms. The molecule has 0 bridgehead atoms. The summed E-state index contributed by atoms with van der Waals surface area (Å²) in [4.78, 5) is 13.4. The Kier molecular flexibility index (Phi) is 2.48. The molecule has 1 aliphatic heterocycles. The molecule has 0 saturated carbocycles. The Hall–Kier alpha value is -2.36. The minimum absolute atomic E-state index is 0.168. The van der Waals surface area contributed by atoms with Crippen molar-refractivity contribution in [1.82, 2.24) is 0 Å². The maximum Gasteiger partial charge on any atom is 0.250 e. The van der Waals surface area contributed by atoms with Crippen molar-refractivity contribution in [3.63, 3.8) is 0 Å². The molecule has 3 nitrogen and oxygen atoms in total. The summed E-state index contributed by atoms with van der Waals surface area (Å²) in [5.74, 6) is -0.568. The van der Waals surface area contributed by atoms with Crippen molar-refractivity contribution in [3.8, 4) is 0 Å². The Morgan fingerprint density at radius 2 is 1.67 bits per heavy atom. The molecule has 1 amide bonds. The third kappa shape index (κ3) is 1.62. The zero-order chi connectivity index (χ0) is 12.5. The van der Waals surface area contributed by atoms with Crippen LogP contribution in [-0.4, -0.2) is 12.5 Å². The Bertz CT molecular complexity index is 612. The number of rotatable bonds is 1. The lowest BCUT2D eigenvalue weighted by Gasteiger charge is -2.30. The van der Waals surface area contributed by atoms with E-state index in [4.69, 9.17) is 0 Å². The predicted molar refractivity (Wildman–Crippen MR) is 68.5 cm³/mol. The van der Waals surface area contributed by atoms with E-state index >= 15 is 0 Å². The van der Waals surface area contributed by atoms with Gasteiger partial charge >= 0.3 is 0 Å². The van der Waals surface area contributed by atoms with Crippen LogP contribution in [0.1, 0.15) is 0 Å². The van der Waals surface area contributed by atoms with Gasteiger partial charge in [-0.1, -0.05) is 24.3 Å². The summed E-state index contributed by atoms with van der Waals surface area (Å²) in [5, 5.41) is 3.02. The predicted octanol–water partition coefficient (Wildman–Crippen LogP) is 2.92. The molecule has 3 rings (SSSR count). The molecule has 0 spiro atoms. The number of benzene rings is 2. The standard InChI is InChI=1S/C14H11FN2O/c15-10-5-1-3-7-12(10)17-13-8-4-2-6-11(13)16-9-14(17)18/h1-8,16H,9H2. The number of halogens is 1. The highest BCUT2D eigenvalue weighted by Gasteiger charge is 2.26. The molecule has 90 valence electrons. The Morgan fingerprint density at radius 1 is 1.00 bits per heavy atom. The lowest BCUT2D eigenvalue weighted by atomic mass is 10.1. The molecule has 0 radical (unpaired) electrons. The van der Waals surface area contributed by atoms with E-state index < -0.39 is 5.82 Å². The first kappa shape index (κ1) is 10.8. The van der Waals surface area contributed by atoms with Crippen molar-refractivity contribution >= 4 is 23.0 Å². The zero-order valence-corrected chi connectivity index (χ0v) is 9.56. The molecule has 0 atom stereocenters. The summed E-state index contributed by atoms with van der Waals surface area (Å²) in [7, 11) is 0. The number of fused-ring (bicyclic) bond motifs is 1. The zero-order valence-electron chi connectivity index (χ0n) is 9.56. The first-order valence-corrected chi connectivity index (χ1v) is 5.68. The van der Waals surface area contributed by atoms with Crippen LogP contribution in [0.15, 0.2) is 48.5 Å². The molecule has 0 saturated heterocycles. The highest BCUT2D eigenvalue weighted by molar-refractivity contribution is 6.08. The average molecular weight is 242 g/mol. The lowest BCUT2D eigenvalue weighted by molar-refractivity contribution is -0.116. The van der Waals surface area contributed by atoms with Gasteiger partial charge in [-0.3, -0.25) is 9.69 Å². The molecular formula is C14H11FN2O. The van der Waals surface area contributed by atoms with Gasteiger partial charge in [0.25, 0.3) is 5.91 Å². The summed E-state index contributed by atoms with van der Waals surface area (Å²) in [6.45, 7) is 0.172. The van der Waals surface area contributed by atoms with Gasteiger partial charge in [-0.2, -0.15) is 0 Å². The van der Waals surface area contributed by atoms with Crippen molar-refractivity contribution in [3.05, 3.63) is 54.3 Å². The lowest BCUT2D eigenvalue weighted by Crippen LogP contribution is -2.36. The Labute approximate surface area is 104 Å². The molecular weight excluding hydrogens is 231 g/mol. The Morgan fingerprint density at radius 3 is 2.44 bits per heavy atom. The molecule has 0 aromatic heterocycles. The van der Waals surface area contributed by atoms with E-state index in [1.807, 2.05) is 18.2 Å². The molecule has 0 fully saturated rings. The fraction of sp³-hybridized carbons (Fsp3) is 0.0714. The number of hydrogen-bond acceptors (Lipinski definition) is 2. The highest BCUT2D eigenvalue weighted by Crippen LogP contribution is 2.35. The molecule has 1 heterocycles. The van der Waals surface area contributed by atoms with E-state index in [0.717, 1.165) is 5.69 Å².